The summed E-state index contributed by atoms with van der Waals surface area (Å²) in [6, 6.07) is 29.4. The van der Waals surface area contributed by atoms with Crippen molar-refractivity contribution >= 4 is 0 Å². The first-order valence-corrected chi connectivity index (χ1v) is 15.2. The molecule has 0 spiro atoms. The molecule has 6 nitrogen and oxygen atoms in total. The van der Waals surface area contributed by atoms with Crippen molar-refractivity contribution in [1.29, 1.82) is 0 Å². The maximum atomic E-state index is 5.40. The molecule has 3 saturated heterocycles. The Kier molecular flexibility index (Phi) is 39.5. The zero-order valence-electron chi connectivity index (χ0n) is 29.2. The molecule has 0 bridgehead atoms. The monoisotopic (exact) mass is 689 g/mol. The van der Waals surface area contributed by atoms with Crippen LogP contribution < -0.4 is 14.2 Å². The zero-order chi connectivity index (χ0) is 30.6. The van der Waals surface area contributed by atoms with Gasteiger partial charge >= 0.3 is 0 Å². The minimum atomic E-state index is 0. The largest absolute Gasteiger partial charge is 0.491 e. The first-order chi connectivity index (χ1) is 20.3. The molecule has 7 heteroatoms. The summed E-state index contributed by atoms with van der Waals surface area (Å²) < 4.78 is 31.2. The molecule has 0 amide bonds. The molecule has 0 aromatic heterocycles. The van der Waals surface area contributed by atoms with E-state index in [0.29, 0.717) is 38.1 Å². The van der Waals surface area contributed by atoms with Crippen LogP contribution in [0.4, 0.5) is 0 Å². The molecule has 3 unspecified atom stereocenters. The van der Waals surface area contributed by atoms with Crippen LogP contribution in [-0.2, 0) is 46.9 Å². The normalized spacial score (nSPS) is 16.5. The molecule has 3 aromatic rings. The van der Waals surface area contributed by atoms with Gasteiger partial charge in [0.25, 0.3) is 0 Å². The number of epoxide rings is 3. The third kappa shape index (κ3) is 28.8. The van der Waals surface area contributed by atoms with E-state index < -0.39 is 0 Å². The van der Waals surface area contributed by atoms with E-state index in [-0.39, 0.29) is 47.6 Å². The molecular weight excluding hydrogens is 629 g/mol. The molecule has 3 fully saturated rings. The Labute approximate surface area is 296 Å². The zero-order valence-corrected chi connectivity index (χ0v) is 32.0. The summed E-state index contributed by atoms with van der Waals surface area (Å²) in [5.41, 5.74) is 0. The van der Waals surface area contributed by atoms with Crippen molar-refractivity contribution in [3.63, 3.8) is 0 Å². The molecule has 3 aliphatic heterocycles. The van der Waals surface area contributed by atoms with Gasteiger partial charge in [-0.25, -0.2) is 0 Å². The van der Waals surface area contributed by atoms with Crippen LogP contribution in [0.15, 0.2) is 91.0 Å². The number of hydrogen-bond acceptors (Lipinski definition) is 6. The van der Waals surface area contributed by atoms with Crippen LogP contribution in [0.1, 0.15) is 55.4 Å². The Morgan fingerprint density at radius 3 is 0.773 bits per heavy atom. The van der Waals surface area contributed by atoms with Crippen molar-refractivity contribution in [2.45, 2.75) is 73.7 Å². The van der Waals surface area contributed by atoms with Gasteiger partial charge in [-0.15, -0.1) is 0 Å². The summed E-state index contributed by atoms with van der Waals surface area (Å²) >= 11 is 0. The average molecular weight is 690 g/mol. The number of hydrogen-bond donors (Lipinski definition) is 0. The van der Waals surface area contributed by atoms with Gasteiger partial charge in [0.15, 0.2) is 0 Å². The van der Waals surface area contributed by atoms with Gasteiger partial charge in [0.05, 0.1) is 19.8 Å². The second-order valence-electron chi connectivity index (χ2n) is 7.74. The molecule has 3 aliphatic rings. The van der Waals surface area contributed by atoms with Crippen LogP contribution in [0, 0.1) is 14.9 Å². The van der Waals surface area contributed by atoms with Crippen LogP contribution in [-0.4, -0.2) is 58.0 Å². The van der Waals surface area contributed by atoms with Gasteiger partial charge in [0.1, 0.15) is 55.4 Å². The Hall–Kier alpha value is -1.96. The Morgan fingerprint density at radius 1 is 0.432 bits per heavy atom. The van der Waals surface area contributed by atoms with Gasteiger partial charge in [-0.1, -0.05) is 110 Å². The van der Waals surface area contributed by atoms with Crippen LogP contribution in [0.5, 0.6) is 17.2 Å². The van der Waals surface area contributed by atoms with Gasteiger partial charge in [0.2, 0.25) is 0 Å². The minimum Gasteiger partial charge on any atom is -0.491 e. The van der Waals surface area contributed by atoms with E-state index in [0.717, 1.165) is 37.1 Å². The summed E-state index contributed by atoms with van der Waals surface area (Å²) in [4.78, 5) is 0. The van der Waals surface area contributed by atoms with E-state index in [2.05, 4.69) is 0 Å². The van der Waals surface area contributed by atoms with Gasteiger partial charge in [-0.2, -0.15) is 0 Å². The van der Waals surface area contributed by atoms with E-state index >= 15 is 0 Å². The number of rotatable bonds is 9. The topological polar surface area (TPSA) is 65.3 Å². The maximum absolute atomic E-state index is 5.40. The molecule has 6 rings (SSSR count). The molecule has 3 aromatic carbocycles. The first-order valence-electron chi connectivity index (χ1n) is 15.2. The van der Waals surface area contributed by atoms with E-state index in [1.807, 2.05) is 146 Å². The standard InChI is InChI=1S/3C9H10O2.4C2H6.2CH3.Y/c3*1-2-4-8(5-3-1)10-6-9-7-11-9;4*1-2;;;/h3*1-5,9H,6-7H2;4*1-2H3;2*1H3;/q;;;;;;;2*-1;. The third-order valence-corrected chi connectivity index (χ3v) is 4.74. The smallest absolute Gasteiger partial charge is 0.119 e. The molecule has 3 heterocycles. The molecule has 0 aliphatic carbocycles. The molecule has 0 N–H and O–H groups in total. The summed E-state index contributed by atoms with van der Waals surface area (Å²) in [6.07, 6.45) is 1.03. The quantitative estimate of drug-likeness (QED) is 0.165. The van der Waals surface area contributed by atoms with Crippen LogP contribution in [0.25, 0.3) is 0 Å². The number of ether oxygens (including phenoxy) is 6. The van der Waals surface area contributed by atoms with Gasteiger partial charge in [-0.3, -0.25) is 0 Å². The van der Waals surface area contributed by atoms with E-state index in [1.54, 1.807) is 0 Å². The molecule has 44 heavy (non-hydrogen) atoms. The fraction of sp³-hybridized carbons (Fsp3) is 0.459. The van der Waals surface area contributed by atoms with Crippen molar-refractivity contribution in [3.8, 4) is 17.2 Å². The van der Waals surface area contributed by atoms with Crippen LogP contribution in [0.2, 0.25) is 0 Å². The van der Waals surface area contributed by atoms with Gasteiger partial charge in [0, 0.05) is 32.7 Å². The van der Waals surface area contributed by atoms with Crippen LogP contribution >= 0.6 is 0 Å². The molecule has 1 radical (unpaired) electrons. The Balaban J connectivity index is -0.000000237. The first kappa shape index (κ1) is 48.9. The van der Waals surface area contributed by atoms with Gasteiger partial charge < -0.3 is 43.3 Å². The average Bonchev–Trinajstić information content (AvgIpc) is 3.93. The third-order valence-electron chi connectivity index (χ3n) is 4.74. The van der Waals surface area contributed by atoms with Crippen LogP contribution in [0.3, 0.4) is 0 Å². The van der Waals surface area contributed by atoms with E-state index in [9.17, 15) is 0 Å². The predicted molar refractivity (Wildman–Crippen MR) is 183 cm³/mol. The van der Waals surface area contributed by atoms with Crippen molar-refractivity contribution in [1.82, 2.24) is 0 Å². The minimum absolute atomic E-state index is 0. The SMILES string of the molecule is CC.CC.CC.CC.[CH3-].[CH3-].[Y].c1ccc(OCC2CO2)cc1.c1ccc(OCC2CO2)cc1.c1ccc(OCC2CO2)cc1. The number of benzene rings is 3. The maximum Gasteiger partial charge on any atom is 0.119 e. The molecule has 0 saturated carbocycles. The summed E-state index contributed by atoms with van der Waals surface area (Å²) in [5, 5.41) is 0. The van der Waals surface area contributed by atoms with E-state index in [1.165, 1.54) is 0 Å². The fourth-order valence-electron chi connectivity index (χ4n) is 2.61. The molecule has 249 valence electrons. The van der Waals surface area contributed by atoms with Crippen molar-refractivity contribution in [2.75, 3.05) is 39.6 Å². The van der Waals surface area contributed by atoms with E-state index in [4.69, 9.17) is 28.4 Å². The fourth-order valence-corrected chi connectivity index (χ4v) is 2.61. The second kappa shape index (κ2) is 35.5. The second-order valence-corrected chi connectivity index (χ2v) is 7.74. The van der Waals surface area contributed by atoms with Gasteiger partial charge in [-0.05, 0) is 36.4 Å². The molecule has 3 atom stereocenters. The Morgan fingerprint density at radius 2 is 0.614 bits per heavy atom. The summed E-state index contributed by atoms with van der Waals surface area (Å²) in [7, 11) is 0. The molecular formula is C37H60O6Y-2. The van der Waals surface area contributed by atoms with Crippen molar-refractivity contribution in [2.24, 2.45) is 0 Å². The predicted octanol–water partition coefficient (Wildman–Crippen LogP) is 9.40. The number of para-hydroxylation sites is 3. The van der Waals surface area contributed by atoms with Crippen molar-refractivity contribution in [3.05, 3.63) is 106 Å². The Bertz CT molecular complexity index is 781. The summed E-state index contributed by atoms with van der Waals surface area (Å²) in [5.74, 6) is 2.76. The van der Waals surface area contributed by atoms with Crippen molar-refractivity contribution < 1.29 is 61.1 Å². The summed E-state index contributed by atoms with van der Waals surface area (Å²) in [6.45, 7) is 20.6.